The van der Waals surface area contributed by atoms with Gasteiger partial charge in [0.2, 0.25) is 0 Å². The highest BCUT2D eigenvalue weighted by Crippen LogP contribution is 2.29. The highest BCUT2D eigenvalue weighted by molar-refractivity contribution is 7.90. The maximum Gasteiger partial charge on any atom is 0.152 e. The Bertz CT molecular complexity index is 701. The summed E-state index contributed by atoms with van der Waals surface area (Å²) in [6.07, 6.45) is 6.22. The molecule has 1 unspecified atom stereocenters. The number of hydrogen-bond acceptors (Lipinski definition) is 4. The summed E-state index contributed by atoms with van der Waals surface area (Å²) >= 11 is -0.954. The molecule has 27 heavy (non-hydrogen) atoms. The average molecular weight is 391 g/mol. The van der Waals surface area contributed by atoms with Crippen molar-refractivity contribution in [2.45, 2.75) is 31.1 Å². The van der Waals surface area contributed by atoms with Crippen molar-refractivity contribution in [3.05, 3.63) is 48.4 Å². The van der Waals surface area contributed by atoms with Crippen LogP contribution in [0.4, 0.5) is 10.2 Å². The predicted molar refractivity (Wildman–Crippen MR) is 107 cm³/mol. The van der Waals surface area contributed by atoms with E-state index in [0.717, 1.165) is 48.8 Å². The minimum atomic E-state index is -0.954. The van der Waals surface area contributed by atoms with Crippen LogP contribution in [0.3, 0.4) is 0 Å². The first kappa shape index (κ1) is 20.0. The van der Waals surface area contributed by atoms with E-state index in [4.69, 9.17) is 4.74 Å². The minimum absolute atomic E-state index is 0.292. The van der Waals surface area contributed by atoms with Gasteiger partial charge < -0.3 is 14.2 Å². The van der Waals surface area contributed by atoms with Crippen molar-refractivity contribution in [2.75, 3.05) is 30.9 Å². The normalized spacial score (nSPS) is 17.6. The van der Waals surface area contributed by atoms with Crippen molar-refractivity contribution in [3.63, 3.8) is 0 Å². The van der Waals surface area contributed by atoms with Crippen LogP contribution in [0, 0.1) is 17.7 Å². The number of ether oxygens (including phenoxy) is 1. The van der Waals surface area contributed by atoms with Crippen LogP contribution in [-0.2, 0) is 11.2 Å². The Hall–Kier alpha value is -1.79. The van der Waals surface area contributed by atoms with Gasteiger partial charge in [-0.25, -0.2) is 9.37 Å². The highest BCUT2D eigenvalue weighted by Gasteiger charge is 2.24. The molecule has 4 nitrogen and oxygen atoms in total. The maximum absolute atomic E-state index is 13.0. The molecule has 0 saturated carbocycles. The Balaban J connectivity index is 1.40. The predicted octanol–water partition coefficient (Wildman–Crippen LogP) is 4.28. The lowest BCUT2D eigenvalue weighted by Gasteiger charge is -2.35. The van der Waals surface area contributed by atoms with Gasteiger partial charge in [0.15, 0.2) is 4.90 Å². The summed E-state index contributed by atoms with van der Waals surface area (Å²) in [5.74, 6) is 2.67. The minimum Gasteiger partial charge on any atom is -0.612 e. The average Bonchev–Trinajstić information content (AvgIpc) is 2.69. The summed E-state index contributed by atoms with van der Waals surface area (Å²) in [6, 6.07) is 10.7. The van der Waals surface area contributed by atoms with Crippen LogP contribution in [-0.4, -0.2) is 35.5 Å². The van der Waals surface area contributed by atoms with Gasteiger partial charge in [0.25, 0.3) is 0 Å². The molecular weight excluding hydrogens is 363 g/mol. The third-order valence-corrected chi connectivity index (χ3v) is 6.31. The van der Waals surface area contributed by atoms with E-state index in [-0.39, 0.29) is 5.82 Å². The van der Waals surface area contributed by atoms with Gasteiger partial charge in [-0.1, -0.05) is 6.92 Å². The number of anilines is 1. The molecule has 146 valence electrons. The zero-order chi connectivity index (χ0) is 19.2. The monoisotopic (exact) mass is 390 g/mol. The molecule has 6 heteroatoms. The molecule has 2 atom stereocenters. The van der Waals surface area contributed by atoms with Crippen molar-refractivity contribution in [1.29, 1.82) is 0 Å². The second kappa shape index (κ2) is 9.42. The maximum atomic E-state index is 13.0. The zero-order valence-electron chi connectivity index (χ0n) is 15.9. The molecule has 0 spiro atoms. The van der Waals surface area contributed by atoms with Gasteiger partial charge in [0.1, 0.15) is 23.6 Å². The van der Waals surface area contributed by atoms with E-state index in [1.807, 2.05) is 24.3 Å². The number of piperidine rings is 1. The Kier molecular flexibility index (Phi) is 6.96. The summed E-state index contributed by atoms with van der Waals surface area (Å²) in [5, 5.41) is 0. The van der Waals surface area contributed by atoms with Crippen LogP contribution in [0.15, 0.2) is 47.5 Å². The number of nitrogens with zero attached hydrogens (tertiary/aromatic N) is 2. The molecule has 0 aliphatic carbocycles. The van der Waals surface area contributed by atoms with Crippen LogP contribution in [0.2, 0.25) is 0 Å². The number of hydrogen-bond donors (Lipinski definition) is 0. The van der Waals surface area contributed by atoms with E-state index in [9.17, 15) is 8.94 Å². The molecule has 1 saturated heterocycles. The van der Waals surface area contributed by atoms with E-state index in [1.165, 1.54) is 12.3 Å². The second-order valence-electron chi connectivity index (χ2n) is 7.20. The number of pyridine rings is 1. The van der Waals surface area contributed by atoms with Crippen LogP contribution in [0.1, 0.15) is 26.2 Å². The molecule has 3 rings (SSSR count). The molecule has 1 fully saturated rings. The SMILES string of the molecule is C[C@H](CCOc1ccc([S+](C)[O-])cc1)C1CCN(c2ccc(F)cn2)CC1. The topological polar surface area (TPSA) is 48.4 Å². The van der Waals surface area contributed by atoms with Gasteiger partial charge in [-0.2, -0.15) is 0 Å². The Morgan fingerprint density at radius 1 is 1.22 bits per heavy atom. The molecule has 1 aromatic carbocycles. The van der Waals surface area contributed by atoms with E-state index < -0.39 is 11.2 Å². The first-order valence-corrected chi connectivity index (χ1v) is 11.0. The van der Waals surface area contributed by atoms with Crippen LogP contribution < -0.4 is 9.64 Å². The number of halogens is 1. The van der Waals surface area contributed by atoms with Crippen molar-refractivity contribution >= 4 is 17.0 Å². The number of rotatable bonds is 7. The van der Waals surface area contributed by atoms with Crippen molar-refractivity contribution < 1.29 is 13.7 Å². The molecule has 0 radical (unpaired) electrons. The fraction of sp³-hybridized carbons (Fsp3) is 0.476. The van der Waals surface area contributed by atoms with E-state index >= 15 is 0 Å². The van der Waals surface area contributed by atoms with Crippen LogP contribution >= 0.6 is 0 Å². The Morgan fingerprint density at radius 2 is 1.93 bits per heavy atom. The second-order valence-corrected chi connectivity index (χ2v) is 8.58. The zero-order valence-corrected chi connectivity index (χ0v) is 16.8. The number of benzene rings is 1. The fourth-order valence-electron chi connectivity index (χ4n) is 3.58. The van der Waals surface area contributed by atoms with Gasteiger partial charge in [-0.15, -0.1) is 0 Å². The third kappa shape index (κ3) is 5.59. The third-order valence-electron chi connectivity index (χ3n) is 5.38. The lowest BCUT2D eigenvalue weighted by atomic mass is 9.84. The quantitative estimate of drug-likeness (QED) is 0.662. The molecule has 2 aromatic rings. The molecule has 2 heterocycles. The lowest BCUT2D eigenvalue weighted by molar-refractivity contribution is 0.223. The van der Waals surface area contributed by atoms with Crippen molar-refractivity contribution in [3.8, 4) is 5.75 Å². The summed E-state index contributed by atoms with van der Waals surface area (Å²) in [6.45, 7) is 4.91. The van der Waals surface area contributed by atoms with Crippen molar-refractivity contribution in [1.82, 2.24) is 4.98 Å². The molecule has 0 N–H and O–H groups in total. The smallest absolute Gasteiger partial charge is 0.152 e. The highest BCUT2D eigenvalue weighted by atomic mass is 32.2. The largest absolute Gasteiger partial charge is 0.612 e. The van der Waals surface area contributed by atoms with Gasteiger partial charge >= 0.3 is 0 Å². The molecule has 1 aliphatic rings. The van der Waals surface area contributed by atoms with Crippen LogP contribution in [0.25, 0.3) is 0 Å². The van der Waals surface area contributed by atoms with Gasteiger partial charge in [-0.05, 0) is 78.7 Å². The summed E-state index contributed by atoms with van der Waals surface area (Å²) in [7, 11) is 0. The molecular formula is C21H27FN2O2S. The molecule has 0 bridgehead atoms. The summed E-state index contributed by atoms with van der Waals surface area (Å²) in [5.41, 5.74) is 0. The van der Waals surface area contributed by atoms with E-state index in [0.29, 0.717) is 18.4 Å². The van der Waals surface area contributed by atoms with Crippen molar-refractivity contribution in [2.24, 2.45) is 11.8 Å². The fourth-order valence-corrected chi connectivity index (χ4v) is 4.10. The van der Waals surface area contributed by atoms with Gasteiger partial charge in [-0.3, -0.25) is 0 Å². The van der Waals surface area contributed by atoms with Gasteiger partial charge in [0.05, 0.1) is 12.8 Å². The molecule has 1 aliphatic heterocycles. The lowest BCUT2D eigenvalue weighted by Crippen LogP contribution is -2.36. The van der Waals surface area contributed by atoms with E-state index in [1.54, 1.807) is 12.3 Å². The first-order valence-electron chi connectivity index (χ1n) is 9.45. The molecule has 1 aromatic heterocycles. The summed E-state index contributed by atoms with van der Waals surface area (Å²) in [4.78, 5) is 7.24. The Morgan fingerprint density at radius 3 is 2.52 bits per heavy atom. The summed E-state index contributed by atoms with van der Waals surface area (Å²) < 4.78 is 30.3. The van der Waals surface area contributed by atoms with Crippen LogP contribution in [0.5, 0.6) is 5.75 Å². The standard InChI is InChI=1S/C21H27FN2O2S/c1-16(11-14-26-19-4-6-20(7-5-19)27(2)25)17-9-12-24(13-10-17)21-8-3-18(22)15-23-21/h3-8,15-17H,9-14H2,1-2H3/t16-,27?/m1/s1. The van der Waals surface area contributed by atoms with E-state index in [2.05, 4.69) is 16.8 Å². The van der Waals surface area contributed by atoms with Gasteiger partial charge in [0, 0.05) is 13.1 Å². The first-order chi connectivity index (χ1) is 13.0. The number of aromatic nitrogens is 1. The Labute approximate surface area is 163 Å². The molecule has 0 amide bonds.